The first-order valence-corrected chi connectivity index (χ1v) is 7.35. The van der Waals surface area contributed by atoms with Crippen molar-refractivity contribution >= 4 is 34.4 Å². The molecule has 110 valence electrons. The first-order valence-electron chi connectivity index (χ1n) is 6.97. The predicted molar refractivity (Wildman–Crippen MR) is 88.6 cm³/mol. The molecule has 1 aliphatic rings. The van der Waals surface area contributed by atoms with E-state index in [2.05, 4.69) is 34.5 Å². The first-order chi connectivity index (χ1) is 10.2. The molecule has 1 saturated heterocycles. The molecule has 21 heavy (non-hydrogen) atoms. The van der Waals surface area contributed by atoms with Crippen LogP contribution in [0.15, 0.2) is 42.5 Å². The zero-order chi connectivity index (χ0) is 14.7. The number of benzene rings is 2. The molecule has 0 bridgehead atoms. The van der Waals surface area contributed by atoms with Gasteiger partial charge in [0.15, 0.2) is 0 Å². The standard InChI is InChI=1S/C16H18ClN3O/c17-12-1-6-16(15(18)11-12)19-13-2-4-14(5-3-13)20-7-9-21-10-8-20/h1-6,11,19H,7-10,18H2. The van der Waals surface area contributed by atoms with Crippen molar-refractivity contribution in [2.75, 3.05) is 42.3 Å². The smallest absolute Gasteiger partial charge is 0.0642 e. The van der Waals surface area contributed by atoms with Crippen molar-refractivity contribution in [3.63, 3.8) is 0 Å². The summed E-state index contributed by atoms with van der Waals surface area (Å²) in [4.78, 5) is 2.32. The molecule has 1 aliphatic heterocycles. The fourth-order valence-electron chi connectivity index (χ4n) is 2.38. The van der Waals surface area contributed by atoms with Crippen molar-refractivity contribution < 1.29 is 4.74 Å². The number of anilines is 4. The van der Waals surface area contributed by atoms with Gasteiger partial charge in [-0.2, -0.15) is 0 Å². The highest BCUT2D eigenvalue weighted by molar-refractivity contribution is 6.31. The summed E-state index contributed by atoms with van der Waals surface area (Å²) in [6, 6.07) is 13.8. The van der Waals surface area contributed by atoms with Crippen LogP contribution in [0.25, 0.3) is 0 Å². The van der Waals surface area contributed by atoms with Crippen molar-refractivity contribution in [2.24, 2.45) is 0 Å². The molecule has 3 rings (SSSR count). The van der Waals surface area contributed by atoms with Gasteiger partial charge in [0.25, 0.3) is 0 Å². The molecule has 0 amide bonds. The van der Waals surface area contributed by atoms with Crippen molar-refractivity contribution in [3.05, 3.63) is 47.5 Å². The van der Waals surface area contributed by atoms with Gasteiger partial charge in [-0.15, -0.1) is 0 Å². The van der Waals surface area contributed by atoms with Gasteiger partial charge in [0.05, 0.1) is 24.6 Å². The van der Waals surface area contributed by atoms with Crippen LogP contribution in [0.5, 0.6) is 0 Å². The molecule has 2 aromatic carbocycles. The number of hydrogen-bond acceptors (Lipinski definition) is 4. The number of nitrogens with one attached hydrogen (secondary N) is 1. The number of ether oxygens (including phenoxy) is 1. The Bertz CT molecular complexity index is 609. The summed E-state index contributed by atoms with van der Waals surface area (Å²) in [5, 5.41) is 3.94. The maximum Gasteiger partial charge on any atom is 0.0642 e. The van der Waals surface area contributed by atoms with Crippen LogP contribution in [0.4, 0.5) is 22.7 Å². The van der Waals surface area contributed by atoms with Gasteiger partial charge in [-0.05, 0) is 42.5 Å². The van der Waals surface area contributed by atoms with Crippen LogP contribution in [0.3, 0.4) is 0 Å². The number of nitrogen functional groups attached to an aromatic ring is 1. The van der Waals surface area contributed by atoms with Crippen LogP contribution >= 0.6 is 11.6 Å². The molecule has 0 aromatic heterocycles. The van der Waals surface area contributed by atoms with Gasteiger partial charge in [-0.1, -0.05) is 11.6 Å². The molecule has 0 aliphatic carbocycles. The number of rotatable bonds is 3. The third kappa shape index (κ3) is 3.40. The second kappa shape index (κ2) is 6.24. The Morgan fingerprint density at radius 1 is 1.05 bits per heavy atom. The lowest BCUT2D eigenvalue weighted by Crippen LogP contribution is -2.36. The Morgan fingerprint density at radius 2 is 1.76 bits per heavy atom. The van der Waals surface area contributed by atoms with Crippen LogP contribution in [-0.2, 0) is 4.74 Å². The minimum absolute atomic E-state index is 0.639. The molecule has 1 fully saturated rings. The van der Waals surface area contributed by atoms with Crippen LogP contribution < -0.4 is 16.0 Å². The van der Waals surface area contributed by atoms with E-state index in [9.17, 15) is 0 Å². The van der Waals surface area contributed by atoms with E-state index in [1.807, 2.05) is 12.1 Å². The highest BCUT2D eigenvalue weighted by atomic mass is 35.5. The van der Waals surface area contributed by atoms with E-state index in [-0.39, 0.29) is 0 Å². The van der Waals surface area contributed by atoms with E-state index < -0.39 is 0 Å². The number of hydrogen-bond donors (Lipinski definition) is 2. The topological polar surface area (TPSA) is 50.5 Å². The van der Waals surface area contributed by atoms with E-state index >= 15 is 0 Å². The van der Waals surface area contributed by atoms with Crippen molar-refractivity contribution in [3.8, 4) is 0 Å². The summed E-state index contributed by atoms with van der Waals surface area (Å²) in [5.41, 5.74) is 9.66. The molecule has 0 radical (unpaired) electrons. The largest absolute Gasteiger partial charge is 0.397 e. The minimum Gasteiger partial charge on any atom is -0.397 e. The molecule has 0 atom stereocenters. The quantitative estimate of drug-likeness (QED) is 0.852. The third-order valence-electron chi connectivity index (χ3n) is 3.54. The van der Waals surface area contributed by atoms with Gasteiger partial charge >= 0.3 is 0 Å². The van der Waals surface area contributed by atoms with E-state index in [1.54, 1.807) is 6.07 Å². The lowest BCUT2D eigenvalue weighted by molar-refractivity contribution is 0.122. The van der Waals surface area contributed by atoms with Gasteiger partial charge in [-0.3, -0.25) is 0 Å². The summed E-state index contributed by atoms with van der Waals surface area (Å²) < 4.78 is 5.37. The minimum atomic E-state index is 0.639. The van der Waals surface area contributed by atoms with E-state index in [0.717, 1.165) is 37.7 Å². The monoisotopic (exact) mass is 303 g/mol. The normalized spacial score (nSPS) is 15.0. The van der Waals surface area contributed by atoms with E-state index in [4.69, 9.17) is 22.1 Å². The van der Waals surface area contributed by atoms with Gasteiger partial charge in [-0.25, -0.2) is 0 Å². The van der Waals surface area contributed by atoms with Gasteiger partial charge in [0.1, 0.15) is 0 Å². The van der Waals surface area contributed by atoms with E-state index in [0.29, 0.717) is 10.7 Å². The van der Waals surface area contributed by atoms with E-state index in [1.165, 1.54) is 5.69 Å². The number of nitrogens with zero attached hydrogens (tertiary/aromatic N) is 1. The highest BCUT2D eigenvalue weighted by Gasteiger charge is 2.10. The molecular weight excluding hydrogens is 286 g/mol. The fourth-order valence-corrected chi connectivity index (χ4v) is 2.56. The average Bonchev–Trinajstić information content (AvgIpc) is 2.52. The highest BCUT2D eigenvalue weighted by Crippen LogP contribution is 2.27. The number of nitrogens with two attached hydrogens (primary N) is 1. The number of halogens is 1. The first kappa shape index (κ1) is 14.0. The second-order valence-corrected chi connectivity index (χ2v) is 5.44. The summed E-state index contributed by atoms with van der Waals surface area (Å²) in [7, 11) is 0. The van der Waals surface area contributed by atoms with Crippen LogP contribution in [0.1, 0.15) is 0 Å². The predicted octanol–water partition coefficient (Wildman–Crippen LogP) is 3.50. The molecule has 0 saturated carbocycles. The van der Waals surface area contributed by atoms with Crippen molar-refractivity contribution in [2.45, 2.75) is 0 Å². The molecule has 0 spiro atoms. The summed E-state index contributed by atoms with van der Waals surface area (Å²) in [5.74, 6) is 0. The lowest BCUT2D eigenvalue weighted by Gasteiger charge is -2.29. The second-order valence-electron chi connectivity index (χ2n) is 5.00. The summed E-state index contributed by atoms with van der Waals surface area (Å²) in [6.07, 6.45) is 0. The van der Waals surface area contributed by atoms with Gasteiger partial charge in [0, 0.05) is 29.5 Å². The maximum absolute atomic E-state index is 5.95. The molecule has 0 unspecified atom stereocenters. The number of morpholine rings is 1. The summed E-state index contributed by atoms with van der Waals surface area (Å²) >= 11 is 5.90. The van der Waals surface area contributed by atoms with Crippen molar-refractivity contribution in [1.29, 1.82) is 0 Å². The molecular formula is C16H18ClN3O. The van der Waals surface area contributed by atoms with Crippen molar-refractivity contribution in [1.82, 2.24) is 0 Å². The van der Waals surface area contributed by atoms with Gasteiger partial charge in [0.2, 0.25) is 0 Å². The Hall–Kier alpha value is -1.91. The summed E-state index contributed by atoms with van der Waals surface area (Å²) in [6.45, 7) is 3.47. The molecule has 1 heterocycles. The van der Waals surface area contributed by atoms with Crippen LogP contribution in [0.2, 0.25) is 5.02 Å². The van der Waals surface area contributed by atoms with Crippen LogP contribution in [-0.4, -0.2) is 26.3 Å². The molecule has 4 nitrogen and oxygen atoms in total. The Morgan fingerprint density at radius 3 is 2.43 bits per heavy atom. The molecule has 3 N–H and O–H groups in total. The Kier molecular flexibility index (Phi) is 4.18. The zero-order valence-corrected chi connectivity index (χ0v) is 12.4. The fraction of sp³-hybridized carbons (Fsp3) is 0.250. The lowest BCUT2D eigenvalue weighted by atomic mass is 10.2. The van der Waals surface area contributed by atoms with Crippen LogP contribution in [0, 0.1) is 0 Å². The van der Waals surface area contributed by atoms with Gasteiger partial charge < -0.3 is 20.7 Å². The zero-order valence-electron chi connectivity index (χ0n) is 11.7. The maximum atomic E-state index is 5.95. The third-order valence-corrected chi connectivity index (χ3v) is 3.77. The Balaban J connectivity index is 1.71. The average molecular weight is 304 g/mol. The molecule has 2 aromatic rings. The molecule has 5 heteroatoms. The Labute approximate surface area is 129 Å². The SMILES string of the molecule is Nc1cc(Cl)ccc1Nc1ccc(N2CCOCC2)cc1.